The van der Waals surface area contributed by atoms with Crippen molar-refractivity contribution in [2.45, 2.75) is 46.6 Å². The summed E-state index contributed by atoms with van der Waals surface area (Å²) in [5, 5.41) is 6.68. The second-order valence-electron chi connectivity index (χ2n) is 6.32. The number of aromatic nitrogens is 1. The van der Waals surface area contributed by atoms with E-state index in [9.17, 15) is 0 Å². The first kappa shape index (κ1) is 24.9. The molecule has 0 saturated heterocycles. The molecule has 0 spiro atoms. The molecule has 2 N–H and O–H groups in total. The Morgan fingerprint density at radius 1 is 1.23 bits per heavy atom. The number of nitrogens with one attached hydrogen (secondary N) is 2. The molecule has 0 aliphatic heterocycles. The first-order valence-electron chi connectivity index (χ1n) is 9.25. The number of rotatable bonds is 12. The number of unbranched alkanes of at least 4 members (excludes halogenated alkanes) is 1. The molecule has 0 fully saturated rings. The van der Waals surface area contributed by atoms with Gasteiger partial charge in [-0.05, 0) is 25.3 Å². The van der Waals surface area contributed by atoms with Crippen molar-refractivity contribution in [1.29, 1.82) is 0 Å². The highest BCUT2D eigenvalue weighted by molar-refractivity contribution is 14.0. The van der Waals surface area contributed by atoms with Crippen LogP contribution in [0, 0.1) is 5.92 Å². The number of hydrogen-bond acceptors (Lipinski definition) is 4. The molecule has 1 heterocycles. The predicted molar refractivity (Wildman–Crippen MR) is 119 cm³/mol. The van der Waals surface area contributed by atoms with Crippen molar-refractivity contribution in [3.63, 3.8) is 0 Å². The van der Waals surface area contributed by atoms with Gasteiger partial charge in [0, 0.05) is 32.0 Å². The Kier molecular flexibility index (Phi) is 15.4. The SMILES string of the molecule is CCNC(=NCc1cccnc1OCCOC)NCCCCC(C)C.I. The van der Waals surface area contributed by atoms with Crippen molar-refractivity contribution in [3.8, 4) is 5.88 Å². The maximum absolute atomic E-state index is 5.66. The summed E-state index contributed by atoms with van der Waals surface area (Å²) in [6.07, 6.45) is 5.39. The monoisotopic (exact) mass is 478 g/mol. The van der Waals surface area contributed by atoms with E-state index in [2.05, 4.69) is 41.4 Å². The summed E-state index contributed by atoms with van der Waals surface area (Å²) in [5.41, 5.74) is 0.968. The van der Waals surface area contributed by atoms with Gasteiger partial charge in [-0.25, -0.2) is 9.98 Å². The topological polar surface area (TPSA) is 67.8 Å². The molecule has 0 radical (unpaired) electrons. The van der Waals surface area contributed by atoms with Crippen LogP contribution in [-0.4, -0.2) is 44.4 Å². The molecule has 0 amide bonds. The fourth-order valence-corrected chi connectivity index (χ4v) is 2.29. The summed E-state index contributed by atoms with van der Waals surface area (Å²) in [6.45, 7) is 9.91. The molecule has 1 aromatic heterocycles. The van der Waals surface area contributed by atoms with Crippen LogP contribution < -0.4 is 15.4 Å². The van der Waals surface area contributed by atoms with Crippen LogP contribution in [0.2, 0.25) is 0 Å². The molecule has 0 aliphatic rings. The van der Waals surface area contributed by atoms with Crippen LogP contribution in [0.1, 0.15) is 45.6 Å². The second-order valence-corrected chi connectivity index (χ2v) is 6.32. The molecular formula is C19H35IN4O2. The quantitative estimate of drug-likeness (QED) is 0.208. The molecule has 0 saturated carbocycles. The number of halogens is 1. The van der Waals surface area contributed by atoms with Crippen molar-refractivity contribution in [1.82, 2.24) is 15.6 Å². The highest BCUT2D eigenvalue weighted by Gasteiger charge is 2.05. The second kappa shape index (κ2) is 16.1. The Bertz CT molecular complexity index is 498. The smallest absolute Gasteiger partial charge is 0.218 e. The maximum Gasteiger partial charge on any atom is 0.218 e. The summed E-state index contributed by atoms with van der Waals surface area (Å²) in [5.74, 6) is 2.22. The fourth-order valence-electron chi connectivity index (χ4n) is 2.29. The van der Waals surface area contributed by atoms with Crippen molar-refractivity contribution in [2.24, 2.45) is 10.9 Å². The molecule has 1 aromatic rings. The third-order valence-electron chi connectivity index (χ3n) is 3.63. The minimum Gasteiger partial charge on any atom is -0.475 e. The number of hydrogen-bond donors (Lipinski definition) is 2. The molecule has 26 heavy (non-hydrogen) atoms. The molecule has 7 heteroatoms. The molecule has 0 bridgehead atoms. The number of methoxy groups -OCH3 is 1. The molecule has 150 valence electrons. The number of pyridine rings is 1. The Hall–Kier alpha value is -1.09. The van der Waals surface area contributed by atoms with Gasteiger partial charge in [-0.3, -0.25) is 0 Å². The van der Waals surface area contributed by atoms with E-state index in [0.717, 1.165) is 37.0 Å². The van der Waals surface area contributed by atoms with E-state index in [1.165, 1.54) is 12.8 Å². The first-order valence-corrected chi connectivity index (χ1v) is 9.25. The average molecular weight is 478 g/mol. The van der Waals surface area contributed by atoms with Crippen LogP contribution in [0.25, 0.3) is 0 Å². The minimum absolute atomic E-state index is 0. The van der Waals surface area contributed by atoms with Gasteiger partial charge in [-0.15, -0.1) is 24.0 Å². The Morgan fingerprint density at radius 3 is 2.73 bits per heavy atom. The number of ether oxygens (including phenoxy) is 2. The van der Waals surface area contributed by atoms with Crippen LogP contribution in [0.15, 0.2) is 23.3 Å². The van der Waals surface area contributed by atoms with Crippen molar-refractivity contribution in [3.05, 3.63) is 23.9 Å². The van der Waals surface area contributed by atoms with Gasteiger partial charge in [0.1, 0.15) is 6.61 Å². The van der Waals surface area contributed by atoms with Gasteiger partial charge in [0.05, 0.1) is 13.2 Å². The molecule has 0 aromatic carbocycles. The zero-order valence-electron chi connectivity index (χ0n) is 16.6. The lowest BCUT2D eigenvalue weighted by Gasteiger charge is -2.12. The molecular weight excluding hydrogens is 443 g/mol. The third kappa shape index (κ3) is 11.5. The van der Waals surface area contributed by atoms with Gasteiger partial charge in [-0.2, -0.15) is 0 Å². The Morgan fingerprint density at radius 2 is 2.04 bits per heavy atom. The first-order chi connectivity index (χ1) is 12.2. The van der Waals surface area contributed by atoms with Crippen molar-refractivity contribution < 1.29 is 9.47 Å². The average Bonchev–Trinajstić information content (AvgIpc) is 2.60. The van der Waals surface area contributed by atoms with Gasteiger partial charge in [-0.1, -0.05) is 32.8 Å². The van der Waals surface area contributed by atoms with Crippen LogP contribution in [0.5, 0.6) is 5.88 Å². The number of aliphatic imine (C=N–C) groups is 1. The summed E-state index contributed by atoms with van der Waals surface area (Å²) in [6, 6.07) is 3.89. The van der Waals surface area contributed by atoms with Gasteiger partial charge in [0.2, 0.25) is 5.88 Å². The van der Waals surface area contributed by atoms with Gasteiger partial charge in [0.15, 0.2) is 5.96 Å². The van der Waals surface area contributed by atoms with E-state index in [-0.39, 0.29) is 24.0 Å². The van der Waals surface area contributed by atoms with Crippen LogP contribution in [-0.2, 0) is 11.3 Å². The Labute approximate surface area is 175 Å². The number of nitrogens with zero attached hydrogens (tertiary/aromatic N) is 2. The lowest BCUT2D eigenvalue weighted by molar-refractivity contribution is 0.143. The summed E-state index contributed by atoms with van der Waals surface area (Å²) in [4.78, 5) is 8.94. The van der Waals surface area contributed by atoms with E-state index in [4.69, 9.17) is 9.47 Å². The lowest BCUT2D eigenvalue weighted by atomic mass is 10.1. The van der Waals surface area contributed by atoms with E-state index < -0.39 is 0 Å². The van der Waals surface area contributed by atoms with Crippen molar-refractivity contribution in [2.75, 3.05) is 33.4 Å². The van der Waals surface area contributed by atoms with E-state index in [0.29, 0.717) is 25.6 Å². The van der Waals surface area contributed by atoms with Crippen molar-refractivity contribution >= 4 is 29.9 Å². The number of guanidine groups is 1. The summed E-state index contributed by atoms with van der Waals surface area (Å²) < 4.78 is 10.7. The molecule has 0 unspecified atom stereocenters. The zero-order valence-corrected chi connectivity index (χ0v) is 18.9. The maximum atomic E-state index is 5.66. The lowest BCUT2D eigenvalue weighted by Crippen LogP contribution is -2.37. The van der Waals surface area contributed by atoms with Crippen LogP contribution >= 0.6 is 24.0 Å². The fraction of sp³-hybridized carbons (Fsp3) is 0.684. The largest absolute Gasteiger partial charge is 0.475 e. The van der Waals surface area contributed by atoms with Gasteiger partial charge in [0.25, 0.3) is 0 Å². The van der Waals surface area contributed by atoms with E-state index >= 15 is 0 Å². The molecule has 0 aliphatic carbocycles. The molecule has 1 rings (SSSR count). The van der Waals surface area contributed by atoms with E-state index in [1.54, 1.807) is 13.3 Å². The summed E-state index contributed by atoms with van der Waals surface area (Å²) in [7, 11) is 1.66. The standard InChI is InChI=1S/C19H34N4O2.HI/c1-5-20-19(22-11-7-6-9-16(2)3)23-15-17-10-8-12-21-18(17)25-14-13-24-4;/h8,10,12,16H,5-7,9,11,13-15H2,1-4H3,(H2,20,22,23);1H. The molecule has 0 atom stereocenters. The van der Waals surface area contributed by atoms with Crippen LogP contribution in [0.3, 0.4) is 0 Å². The highest BCUT2D eigenvalue weighted by atomic mass is 127. The normalized spacial score (nSPS) is 11.2. The predicted octanol–water partition coefficient (Wildman–Crippen LogP) is 3.61. The third-order valence-corrected chi connectivity index (χ3v) is 3.63. The van der Waals surface area contributed by atoms with Crippen LogP contribution in [0.4, 0.5) is 0 Å². The van der Waals surface area contributed by atoms with E-state index in [1.807, 2.05) is 12.1 Å². The Balaban J connectivity index is 0.00000625. The highest BCUT2D eigenvalue weighted by Crippen LogP contribution is 2.15. The summed E-state index contributed by atoms with van der Waals surface area (Å²) >= 11 is 0. The van der Waals surface area contributed by atoms with Gasteiger partial charge < -0.3 is 20.1 Å². The van der Waals surface area contributed by atoms with Gasteiger partial charge >= 0.3 is 0 Å². The minimum atomic E-state index is 0. The molecule has 6 nitrogen and oxygen atoms in total. The zero-order chi connectivity index (χ0) is 18.3.